The molecule has 0 unspecified atom stereocenters. The largest absolute Gasteiger partial charge is 0.472 e. The van der Waals surface area contributed by atoms with E-state index in [9.17, 15) is 17.6 Å². The van der Waals surface area contributed by atoms with Crippen molar-refractivity contribution in [3.8, 4) is 23.1 Å². The van der Waals surface area contributed by atoms with Crippen LogP contribution >= 0.6 is 0 Å². The Balaban J connectivity index is 1.42. The average Bonchev–Trinajstić information content (AvgIpc) is 3.52. The number of rotatable bonds is 7. The average molecular weight is 652 g/mol. The minimum Gasteiger partial charge on any atom is -0.472 e. The third-order valence-electron chi connectivity index (χ3n) is 9.91. The molecule has 7 rings (SSSR count). The number of nitrogens with one attached hydrogen (secondary N) is 1. The number of piperazine rings is 1. The Morgan fingerprint density at radius 3 is 2.72 bits per heavy atom. The minimum absolute atomic E-state index is 0.0358. The molecule has 5 atom stereocenters. The standard InChI is InChI=1S/C31H35F6N7O2/c1-3-19-27-14(2)46-29-21-26(24(37)25(40-29)17-9-18(38)23(36)22(35)16(17)10-20(33)34)41-30(42-28(21)44(27)8-6-39-19)45-13-31-5-4-7-43(31)12-15(32)11-31/h9,14-15,19-20,27,39H,3-8,10-13,38H2,1-2H3/t14-,15+,19-,27+,31-/m0/s1. The quantitative estimate of drug-likeness (QED) is 0.276. The molecule has 15 heteroatoms. The zero-order valence-electron chi connectivity index (χ0n) is 25.4. The van der Waals surface area contributed by atoms with E-state index in [1.54, 1.807) is 0 Å². The number of anilines is 2. The number of pyridine rings is 1. The molecule has 9 nitrogen and oxygen atoms in total. The second-order valence-electron chi connectivity index (χ2n) is 12.7. The second-order valence-corrected chi connectivity index (χ2v) is 12.7. The van der Waals surface area contributed by atoms with Crippen molar-refractivity contribution in [1.29, 1.82) is 0 Å². The molecular formula is C31H35F6N7O2. The lowest BCUT2D eigenvalue weighted by atomic mass is 9.95. The van der Waals surface area contributed by atoms with Gasteiger partial charge in [0.1, 0.15) is 41.3 Å². The van der Waals surface area contributed by atoms with Crippen LogP contribution in [0.3, 0.4) is 0 Å². The SMILES string of the molecule is CC[C@@H]1NCCN2c3nc(OC[C@@]45CCCN4C[C@H](F)C5)nc4c(F)c(-c5cc(N)c(F)c(F)c5CC(F)F)nc(c34)O[C@@H](C)[C@H]12. The maximum atomic E-state index is 16.7. The fraction of sp³-hybridized carbons (Fsp3) is 0.581. The smallest absolute Gasteiger partial charge is 0.319 e. The molecule has 3 aromatic rings. The molecule has 6 heterocycles. The molecule has 46 heavy (non-hydrogen) atoms. The summed E-state index contributed by atoms with van der Waals surface area (Å²) in [7, 11) is 0. The van der Waals surface area contributed by atoms with Crippen LogP contribution in [0.4, 0.5) is 37.8 Å². The molecule has 1 aromatic carbocycles. The van der Waals surface area contributed by atoms with Crippen LogP contribution in [0, 0.1) is 17.5 Å². The topological polar surface area (TPSA) is 102 Å². The van der Waals surface area contributed by atoms with E-state index in [-0.39, 0.29) is 41.5 Å². The zero-order valence-corrected chi connectivity index (χ0v) is 25.4. The summed E-state index contributed by atoms with van der Waals surface area (Å²) < 4.78 is 100. The van der Waals surface area contributed by atoms with Gasteiger partial charge in [0.05, 0.1) is 17.3 Å². The van der Waals surface area contributed by atoms with Crippen LogP contribution in [-0.4, -0.2) is 89.0 Å². The normalized spacial score (nSPS) is 27.5. The number of benzene rings is 1. The third kappa shape index (κ3) is 4.97. The van der Waals surface area contributed by atoms with Crippen molar-refractivity contribution < 1.29 is 35.8 Å². The summed E-state index contributed by atoms with van der Waals surface area (Å²) in [6, 6.07) is 0.419. The predicted octanol–water partition coefficient (Wildman–Crippen LogP) is 4.79. The van der Waals surface area contributed by atoms with Gasteiger partial charge in [-0.1, -0.05) is 6.92 Å². The monoisotopic (exact) mass is 651 g/mol. The van der Waals surface area contributed by atoms with Crippen LogP contribution in [0.15, 0.2) is 6.07 Å². The fourth-order valence-corrected chi connectivity index (χ4v) is 7.85. The summed E-state index contributed by atoms with van der Waals surface area (Å²) in [5.41, 5.74) is 2.37. The summed E-state index contributed by atoms with van der Waals surface area (Å²) in [6.07, 6.45) is -3.13. The number of ether oxygens (including phenoxy) is 2. The van der Waals surface area contributed by atoms with E-state index in [0.717, 1.165) is 31.9 Å². The number of alkyl halides is 3. The summed E-state index contributed by atoms with van der Waals surface area (Å²) in [6.45, 7) is 6.09. The molecule has 0 bridgehead atoms. The Kier molecular flexibility index (Phi) is 7.81. The highest BCUT2D eigenvalue weighted by Gasteiger charge is 2.49. The first kappa shape index (κ1) is 31.0. The Bertz CT molecular complexity index is 1680. The number of aromatic nitrogens is 3. The fourth-order valence-electron chi connectivity index (χ4n) is 7.85. The number of fused-ring (bicyclic) bond motifs is 3. The van der Waals surface area contributed by atoms with Crippen LogP contribution in [0.25, 0.3) is 22.2 Å². The van der Waals surface area contributed by atoms with Crippen molar-refractivity contribution in [2.24, 2.45) is 0 Å². The summed E-state index contributed by atoms with van der Waals surface area (Å²) in [4.78, 5) is 17.6. The first-order valence-corrected chi connectivity index (χ1v) is 15.7. The van der Waals surface area contributed by atoms with Crippen molar-refractivity contribution in [3.05, 3.63) is 29.1 Å². The van der Waals surface area contributed by atoms with Crippen molar-refractivity contribution in [3.63, 3.8) is 0 Å². The Morgan fingerprint density at radius 1 is 1.15 bits per heavy atom. The van der Waals surface area contributed by atoms with E-state index in [1.165, 1.54) is 0 Å². The molecule has 0 aliphatic carbocycles. The predicted molar refractivity (Wildman–Crippen MR) is 159 cm³/mol. The van der Waals surface area contributed by atoms with Crippen molar-refractivity contribution in [1.82, 2.24) is 25.2 Å². The maximum absolute atomic E-state index is 16.7. The lowest BCUT2D eigenvalue weighted by Gasteiger charge is -2.43. The number of nitrogen functional groups attached to an aromatic ring is 1. The van der Waals surface area contributed by atoms with Gasteiger partial charge in [-0.3, -0.25) is 4.90 Å². The molecule has 0 spiro atoms. The lowest BCUT2D eigenvalue weighted by molar-refractivity contribution is 0.107. The molecule has 4 aliphatic rings. The van der Waals surface area contributed by atoms with Gasteiger partial charge in [-0.15, -0.1) is 0 Å². The molecule has 2 aromatic heterocycles. The van der Waals surface area contributed by atoms with Crippen molar-refractivity contribution >= 4 is 22.4 Å². The zero-order chi connectivity index (χ0) is 32.5. The minimum atomic E-state index is -3.07. The highest BCUT2D eigenvalue weighted by atomic mass is 19.3. The Labute approximate surface area is 261 Å². The Morgan fingerprint density at radius 2 is 1.96 bits per heavy atom. The molecule has 3 fully saturated rings. The number of hydrogen-bond acceptors (Lipinski definition) is 9. The molecule has 0 saturated carbocycles. The van der Waals surface area contributed by atoms with Crippen molar-refractivity contribution in [2.75, 3.05) is 43.4 Å². The van der Waals surface area contributed by atoms with E-state index in [2.05, 4.69) is 20.2 Å². The first-order valence-electron chi connectivity index (χ1n) is 15.7. The van der Waals surface area contributed by atoms with E-state index in [4.69, 9.17) is 20.2 Å². The van der Waals surface area contributed by atoms with Gasteiger partial charge in [-0.05, 0) is 38.8 Å². The van der Waals surface area contributed by atoms with E-state index >= 15 is 8.78 Å². The highest BCUT2D eigenvalue weighted by Crippen LogP contribution is 2.45. The van der Waals surface area contributed by atoms with Crippen LogP contribution < -0.4 is 25.4 Å². The van der Waals surface area contributed by atoms with Gasteiger partial charge in [0.25, 0.3) is 0 Å². The number of nitrogens with two attached hydrogens (primary N) is 1. The van der Waals surface area contributed by atoms with Gasteiger partial charge < -0.3 is 25.4 Å². The molecule has 0 radical (unpaired) electrons. The van der Waals surface area contributed by atoms with E-state index < -0.39 is 70.6 Å². The third-order valence-corrected chi connectivity index (χ3v) is 9.91. The summed E-state index contributed by atoms with van der Waals surface area (Å²) in [5, 5.41) is 3.62. The maximum Gasteiger partial charge on any atom is 0.319 e. The Hall–Kier alpha value is -3.59. The number of halogens is 6. The van der Waals surface area contributed by atoms with Gasteiger partial charge in [0.2, 0.25) is 12.3 Å². The van der Waals surface area contributed by atoms with Gasteiger partial charge >= 0.3 is 6.01 Å². The molecule has 0 amide bonds. The molecule has 3 saturated heterocycles. The second kappa shape index (κ2) is 11.6. The summed E-state index contributed by atoms with van der Waals surface area (Å²) in [5.74, 6) is -3.98. The van der Waals surface area contributed by atoms with Gasteiger partial charge in [0.15, 0.2) is 17.5 Å². The van der Waals surface area contributed by atoms with Crippen LogP contribution in [0.1, 0.15) is 45.1 Å². The lowest BCUT2D eigenvalue weighted by Crippen LogP contribution is -2.62. The summed E-state index contributed by atoms with van der Waals surface area (Å²) >= 11 is 0. The van der Waals surface area contributed by atoms with Crippen LogP contribution in [-0.2, 0) is 6.42 Å². The van der Waals surface area contributed by atoms with Crippen molar-refractivity contribution in [2.45, 2.75) is 82.3 Å². The molecule has 3 N–H and O–H groups in total. The van der Waals surface area contributed by atoms with Gasteiger partial charge in [-0.2, -0.15) is 9.97 Å². The first-order chi connectivity index (χ1) is 22.0. The van der Waals surface area contributed by atoms with Crippen LogP contribution in [0.5, 0.6) is 11.9 Å². The molecular weight excluding hydrogens is 616 g/mol. The van der Waals surface area contributed by atoms with E-state index in [1.807, 2.05) is 18.7 Å². The molecule has 4 aliphatic heterocycles. The highest BCUT2D eigenvalue weighted by molar-refractivity contribution is 5.97. The number of hydrogen-bond donors (Lipinski definition) is 2. The van der Waals surface area contributed by atoms with Gasteiger partial charge in [-0.25, -0.2) is 31.3 Å². The van der Waals surface area contributed by atoms with E-state index in [0.29, 0.717) is 31.9 Å². The molecule has 248 valence electrons. The number of nitrogens with zero attached hydrogens (tertiary/aromatic N) is 5. The van der Waals surface area contributed by atoms with Crippen LogP contribution in [0.2, 0.25) is 0 Å². The van der Waals surface area contributed by atoms with Gasteiger partial charge in [0, 0.05) is 49.6 Å².